The topological polar surface area (TPSA) is 75.8 Å². The first-order valence-electron chi connectivity index (χ1n) is 7.42. The van der Waals surface area contributed by atoms with E-state index in [4.69, 9.17) is 10.5 Å². The van der Waals surface area contributed by atoms with Gasteiger partial charge in [0.15, 0.2) is 0 Å². The van der Waals surface area contributed by atoms with E-state index < -0.39 is 11.5 Å². The fourth-order valence-corrected chi connectivity index (χ4v) is 3.47. The summed E-state index contributed by atoms with van der Waals surface area (Å²) in [5.74, 6) is -0.714. The van der Waals surface area contributed by atoms with Crippen molar-refractivity contribution in [2.24, 2.45) is 11.7 Å². The fourth-order valence-electron chi connectivity index (χ4n) is 3.47. The second-order valence-corrected chi connectivity index (χ2v) is 5.90. The Morgan fingerprint density at radius 1 is 1.58 bits per heavy atom. The fraction of sp³-hybridized carbons (Fsp3) is 0.929. The van der Waals surface area contributed by atoms with Crippen LogP contribution >= 0.6 is 0 Å². The predicted molar refractivity (Wildman–Crippen MR) is 73.0 cm³/mol. The Labute approximate surface area is 115 Å². The van der Waals surface area contributed by atoms with Crippen LogP contribution in [0.3, 0.4) is 0 Å². The molecule has 1 saturated carbocycles. The maximum Gasteiger partial charge on any atom is 0.323 e. The summed E-state index contributed by atoms with van der Waals surface area (Å²) in [5, 5.41) is 9.32. The van der Waals surface area contributed by atoms with Gasteiger partial charge in [-0.3, -0.25) is 9.69 Å². The number of aliphatic carboxylic acids is 1. The minimum atomic E-state index is -0.992. The van der Waals surface area contributed by atoms with Crippen molar-refractivity contribution in [3.63, 3.8) is 0 Å². The number of ether oxygens (including phenoxy) is 1. The van der Waals surface area contributed by atoms with Crippen molar-refractivity contribution in [3.05, 3.63) is 0 Å². The maximum absolute atomic E-state index is 11.3. The quantitative estimate of drug-likeness (QED) is 0.781. The molecule has 2 rings (SSSR count). The molecule has 0 bridgehead atoms. The van der Waals surface area contributed by atoms with Gasteiger partial charge in [-0.25, -0.2) is 0 Å². The molecule has 1 aliphatic heterocycles. The van der Waals surface area contributed by atoms with E-state index in [-0.39, 0.29) is 5.92 Å². The van der Waals surface area contributed by atoms with Crippen molar-refractivity contribution in [1.82, 2.24) is 4.90 Å². The zero-order chi connectivity index (χ0) is 13.9. The molecule has 0 aromatic heterocycles. The van der Waals surface area contributed by atoms with Crippen molar-refractivity contribution < 1.29 is 14.6 Å². The lowest BCUT2D eigenvalue weighted by atomic mass is 9.85. The van der Waals surface area contributed by atoms with E-state index in [9.17, 15) is 9.90 Å². The Morgan fingerprint density at radius 3 is 3.05 bits per heavy atom. The zero-order valence-electron chi connectivity index (χ0n) is 11.8. The van der Waals surface area contributed by atoms with Crippen molar-refractivity contribution in [2.75, 3.05) is 26.3 Å². The van der Waals surface area contributed by atoms with E-state index in [2.05, 4.69) is 11.8 Å². The molecule has 19 heavy (non-hydrogen) atoms. The first-order chi connectivity index (χ1) is 9.08. The lowest BCUT2D eigenvalue weighted by Crippen LogP contribution is -2.52. The second kappa shape index (κ2) is 6.20. The van der Waals surface area contributed by atoms with E-state index >= 15 is 0 Å². The largest absolute Gasteiger partial charge is 0.480 e. The summed E-state index contributed by atoms with van der Waals surface area (Å²) in [6.45, 7) is 5.66. The Balaban J connectivity index is 1.89. The Hall–Kier alpha value is -0.650. The van der Waals surface area contributed by atoms with Gasteiger partial charge in [-0.2, -0.15) is 0 Å². The number of hydrogen-bond donors (Lipinski definition) is 2. The number of nitrogens with zero attached hydrogens (tertiary/aromatic N) is 1. The third-order valence-corrected chi connectivity index (χ3v) is 4.86. The van der Waals surface area contributed by atoms with E-state index in [0.29, 0.717) is 12.5 Å². The molecular weight excluding hydrogens is 244 g/mol. The van der Waals surface area contributed by atoms with Crippen LogP contribution in [-0.2, 0) is 9.53 Å². The molecule has 3 unspecified atom stereocenters. The number of morpholine rings is 1. The standard InChI is InChI=1S/C14H26N2O3/c1-2-12-10-19-9-8-16(12)7-5-11-4-3-6-14(11,15)13(17)18/h11-12H,2-10,15H2,1H3,(H,17,18). The minimum absolute atomic E-state index is 0.116. The van der Waals surface area contributed by atoms with Crippen molar-refractivity contribution in [1.29, 1.82) is 0 Å². The summed E-state index contributed by atoms with van der Waals surface area (Å²) in [4.78, 5) is 13.8. The molecule has 0 amide bonds. The normalized spacial score (nSPS) is 36.5. The van der Waals surface area contributed by atoms with Crippen LogP contribution < -0.4 is 5.73 Å². The number of carboxylic acid groups (broad SMARTS) is 1. The summed E-state index contributed by atoms with van der Waals surface area (Å²) < 4.78 is 5.49. The monoisotopic (exact) mass is 270 g/mol. The molecule has 5 nitrogen and oxygen atoms in total. The molecule has 2 fully saturated rings. The van der Waals surface area contributed by atoms with Crippen LogP contribution in [0, 0.1) is 5.92 Å². The molecule has 0 spiro atoms. The molecule has 3 N–H and O–H groups in total. The van der Waals surface area contributed by atoms with Crippen LogP contribution in [0.25, 0.3) is 0 Å². The lowest BCUT2D eigenvalue weighted by molar-refractivity contribution is -0.145. The van der Waals surface area contributed by atoms with Gasteiger partial charge in [-0.1, -0.05) is 13.3 Å². The molecule has 1 heterocycles. The highest BCUT2D eigenvalue weighted by Crippen LogP contribution is 2.36. The smallest absolute Gasteiger partial charge is 0.323 e. The summed E-state index contributed by atoms with van der Waals surface area (Å²) >= 11 is 0. The van der Waals surface area contributed by atoms with Crippen LogP contribution in [0.5, 0.6) is 0 Å². The third-order valence-electron chi connectivity index (χ3n) is 4.86. The average Bonchev–Trinajstić information content (AvgIpc) is 2.79. The van der Waals surface area contributed by atoms with Gasteiger partial charge in [0.05, 0.1) is 13.2 Å². The zero-order valence-corrected chi connectivity index (χ0v) is 11.8. The first-order valence-corrected chi connectivity index (χ1v) is 7.42. The molecule has 5 heteroatoms. The van der Waals surface area contributed by atoms with E-state index in [0.717, 1.165) is 52.0 Å². The first kappa shape index (κ1) is 14.8. The van der Waals surface area contributed by atoms with Gasteiger partial charge < -0.3 is 15.6 Å². The Bertz CT molecular complexity index is 324. The summed E-state index contributed by atoms with van der Waals surface area (Å²) in [7, 11) is 0. The minimum Gasteiger partial charge on any atom is -0.480 e. The SMILES string of the molecule is CCC1COCCN1CCC1CCCC1(N)C(=O)O. The Morgan fingerprint density at radius 2 is 2.37 bits per heavy atom. The number of rotatable bonds is 5. The third kappa shape index (κ3) is 3.09. The van der Waals surface area contributed by atoms with E-state index in [1.807, 2.05) is 0 Å². The van der Waals surface area contributed by atoms with Crippen molar-refractivity contribution in [2.45, 2.75) is 50.6 Å². The number of carbonyl (C=O) groups is 1. The van der Waals surface area contributed by atoms with Gasteiger partial charge in [-0.05, 0) is 38.1 Å². The molecule has 1 aliphatic carbocycles. The molecular formula is C14H26N2O3. The van der Waals surface area contributed by atoms with Crippen LogP contribution in [0.4, 0.5) is 0 Å². The van der Waals surface area contributed by atoms with Crippen LogP contribution in [0.1, 0.15) is 39.0 Å². The molecule has 2 aliphatic rings. The predicted octanol–water partition coefficient (Wildman–Crippen LogP) is 1.07. The van der Waals surface area contributed by atoms with Gasteiger partial charge in [0, 0.05) is 12.6 Å². The highest BCUT2D eigenvalue weighted by molar-refractivity contribution is 5.79. The number of hydrogen-bond acceptors (Lipinski definition) is 4. The van der Waals surface area contributed by atoms with Crippen LogP contribution in [0.15, 0.2) is 0 Å². The van der Waals surface area contributed by atoms with Crippen molar-refractivity contribution >= 4 is 5.97 Å². The second-order valence-electron chi connectivity index (χ2n) is 5.90. The van der Waals surface area contributed by atoms with Crippen LogP contribution in [-0.4, -0.2) is 53.9 Å². The highest BCUT2D eigenvalue weighted by Gasteiger charge is 2.45. The van der Waals surface area contributed by atoms with Gasteiger partial charge in [0.1, 0.15) is 5.54 Å². The number of nitrogens with two attached hydrogens (primary N) is 1. The van der Waals surface area contributed by atoms with E-state index in [1.165, 1.54) is 0 Å². The van der Waals surface area contributed by atoms with Gasteiger partial charge >= 0.3 is 5.97 Å². The molecule has 0 aromatic rings. The van der Waals surface area contributed by atoms with Gasteiger partial charge in [0.25, 0.3) is 0 Å². The van der Waals surface area contributed by atoms with E-state index in [1.54, 1.807) is 0 Å². The average molecular weight is 270 g/mol. The van der Waals surface area contributed by atoms with Gasteiger partial charge in [0.2, 0.25) is 0 Å². The van der Waals surface area contributed by atoms with Gasteiger partial charge in [-0.15, -0.1) is 0 Å². The molecule has 3 atom stereocenters. The number of carboxylic acids is 1. The maximum atomic E-state index is 11.3. The Kier molecular flexibility index (Phi) is 4.81. The summed E-state index contributed by atoms with van der Waals surface area (Å²) in [6, 6.07) is 0.479. The van der Waals surface area contributed by atoms with Crippen molar-refractivity contribution in [3.8, 4) is 0 Å². The molecule has 0 radical (unpaired) electrons. The molecule has 0 aromatic carbocycles. The highest BCUT2D eigenvalue weighted by atomic mass is 16.5. The lowest BCUT2D eigenvalue weighted by Gasteiger charge is -2.36. The summed E-state index contributed by atoms with van der Waals surface area (Å²) in [6.07, 6.45) is 4.47. The molecule has 110 valence electrons. The summed E-state index contributed by atoms with van der Waals surface area (Å²) in [5.41, 5.74) is 5.09. The van der Waals surface area contributed by atoms with Crippen LogP contribution in [0.2, 0.25) is 0 Å². The molecule has 1 saturated heterocycles.